The van der Waals surface area contributed by atoms with Crippen molar-refractivity contribution < 1.29 is 14.7 Å². The molecule has 0 saturated heterocycles. The van der Waals surface area contributed by atoms with Gasteiger partial charge in [0.2, 0.25) is 5.91 Å². The highest BCUT2D eigenvalue weighted by molar-refractivity contribution is 6.24. The van der Waals surface area contributed by atoms with Crippen molar-refractivity contribution in [3.63, 3.8) is 0 Å². The molecule has 1 atom stereocenters. The lowest BCUT2D eigenvalue weighted by atomic mass is 9.85. The molecular weight excluding hydrogens is 230 g/mol. The first-order valence-corrected chi connectivity index (χ1v) is 6.05. The van der Waals surface area contributed by atoms with E-state index < -0.39 is 0 Å². The zero-order chi connectivity index (χ0) is 12.7. The topological polar surface area (TPSA) is 57.6 Å². The molecule has 0 saturated carbocycles. The maximum Gasteiger partial charge on any atom is 0.260 e. The standard InChI is InChI=1S/C14H13NO3/c16-12-6-2-5-11(8-12)15-13(17)9-3-1-4-10(7-9)14(15)18/h2,5-9,16H,1,3-4H2. The van der Waals surface area contributed by atoms with Crippen LogP contribution in [0.4, 0.5) is 5.69 Å². The number of carbonyl (C=O) groups excluding carboxylic acids is 2. The van der Waals surface area contributed by atoms with Gasteiger partial charge in [-0.25, -0.2) is 4.90 Å². The van der Waals surface area contributed by atoms with Crippen molar-refractivity contribution >= 4 is 17.5 Å². The third-order valence-electron chi connectivity index (χ3n) is 3.47. The van der Waals surface area contributed by atoms with E-state index in [2.05, 4.69) is 0 Å². The molecular formula is C14H13NO3. The van der Waals surface area contributed by atoms with E-state index in [0.29, 0.717) is 11.3 Å². The number of phenolic OH excluding ortho intramolecular Hbond substituents is 1. The van der Waals surface area contributed by atoms with Crippen LogP contribution < -0.4 is 4.90 Å². The molecule has 2 bridgehead atoms. The Bertz CT molecular complexity index is 562. The molecule has 4 nitrogen and oxygen atoms in total. The molecule has 1 aliphatic carbocycles. The number of carbonyl (C=O) groups is 2. The Labute approximate surface area is 105 Å². The fourth-order valence-electron chi connectivity index (χ4n) is 2.58. The number of hydrogen-bond acceptors (Lipinski definition) is 3. The van der Waals surface area contributed by atoms with Gasteiger partial charge in [-0.1, -0.05) is 12.1 Å². The molecule has 2 amide bonds. The van der Waals surface area contributed by atoms with Crippen LogP contribution in [0.1, 0.15) is 19.3 Å². The third kappa shape index (κ3) is 1.61. The van der Waals surface area contributed by atoms with Gasteiger partial charge in [0.05, 0.1) is 11.6 Å². The summed E-state index contributed by atoms with van der Waals surface area (Å²) in [6, 6.07) is 6.25. The van der Waals surface area contributed by atoms with Crippen molar-refractivity contribution in [1.82, 2.24) is 0 Å². The summed E-state index contributed by atoms with van der Waals surface area (Å²) in [6.07, 6.45) is 4.22. The van der Waals surface area contributed by atoms with Crippen LogP contribution in [-0.2, 0) is 9.59 Å². The van der Waals surface area contributed by atoms with Gasteiger partial charge in [-0.15, -0.1) is 0 Å². The summed E-state index contributed by atoms with van der Waals surface area (Å²) in [4.78, 5) is 25.6. The van der Waals surface area contributed by atoms with Crippen molar-refractivity contribution in [2.45, 2.75) is 19.3 Å². The van der Waals surface area contributed by atoms with Gasteiger partial charge >= 0.3 is 0 Å². The number of imide groups is 1. The number of hydrogen-bond donors (Lipinski definition) is 1. The molecule has 2 aliphatic rings. The molecule has 0 fully saturated rings. The van der Waals surface area contributed by atoms with E-state index in [9.17, 15) is 14.7 Å². The fourth-order valence-corrected chi connectivity index (χ4v) is 2.58. The number of rotatable bonds is 1. The molecule has 3 rings (SSSR count). The molecule has 1 N–H and O–H groups in total. The molecule has 18 heavy (non-hydrogen) atoms. The second kappa shape index (κ2) is 3.98. The number of nitrogens with zero attached hydrogens (tertiary/aromatic N) is 1. The highest BCUT2D eigenvalue weighted by Gasteiger charge is 2.37. The van der Waals surface area contributed by atoms with Gasteiger partial charge in [-0.3, -0.25) is 9.59 Å². The van der Waals surface area contributed by atoms with Crippen LogP contribution in [0.5, 0.6) is 5.75 Å². The van der Waals surface area contributed by atoms with E-state index in [0.717, 1.165) is 19.3 Å². The number of anilines is 1. The number of aromatic hydroxyl groups is 1. The van der Waals surface area contributed by atoms with E-state index in [-0.39, 0.29) is 23.5 Å². The smallest absolute Gasteiger partial charge is 0.260 e. The molecule has 1 aliphatic heterocycles. The lowest BCUT2D eigenvalue weighted by Gasteiger charge is -2.33. The number of fused-ring (bicyclic) bond motifs is 1. The van der Waals surface area contributed by atoms with Crippen LogP contribution in [0, 0.1) is 5.92 Å². The van der Waals surface area contributed by atoms with Crippen molar-refractivity contribution in [2.75, 3.05) is 4.90 Å². The first-order valence-electron chi connectivity index (χ1n) is 6.05. The summed E-state index contributed by atoms with van der Waals surface area (Å²) in [5, 5.41) is 9.46. The summed E-state index contributed by atoms with van der Waals surface area (Å²) in [7, 11) is 0. The molecule has 1 heterocycles. The van der Waals surface area contributed by atoms with E-state index in [4.69, 9.17) is 0 Å². The molecule has 4 heteroatoms. The normalized spacial score (nSPS) is 23.0. The van der Waals surface area contributed by atoms with Crippen molar-refractivity contribution in [3.8, 4) is 5.75 Å². The Morgan fingerprint density at radius 3 is 2.89 bits per heavy atom. The second-order valence-corrected chi connectivity index (χ2v) is 4.69. The van der Waals surface area contributed by atoms with E-state index in [1.54, 1.807) is 18.2 Å². The van der Waals surface area contributed by atoms with Crippen LogP contribution in [0.2, 0.25) is 0 Å². The molecule has 1 aromatic carbocycles. The van der Waals surface area contributed by atoms with Crippen molar-refractivity contribution in [2.24, 2.45) is 5.92 Å². The van der Waals surface area contributed by atoms with Crippen molar-refractivity contribution in [1.29, 1.82) is 0 Å². The molecule has 92 valence electrons. The lowest BCUT2D eigenvalue weighted by Crippen LogP contribution is -2.46. The summed E-state index contributed by atoms with van der Waals surface area (Å²) < 4.78 is 0. The largest absolute Gasteiger partial charge is 0.508 e. The summed E-state index contributed by atoms with van der Waals surface area (Å²) in [5.41, 5.74) is 1.16. The van der Waals surface area contributed by atoms with Gasteiger partial charge in [0.1, 0.15) is 5.75 Å². The summed E-state index contributed by atoms with van der Waals surface area (Å²) in [5.74, 6) is -0.567. The summed E-state index contributed by atoms with van der Waals surface area (Å²) in [6.45, 7) is 0. The maximum absolute atomic E-state index is 12.2. The highest BCUT2D eigenvalue weighted by Crippen LogP contribution is 2.34. The van der Waals surface area contributed by atoms with Crippen LogP contribution in [0.15, 0.2) is 35.9 Å². The Morgan fingerprint density at radius 1 is 1.28 bits per heavy atom. The van der Waals surface area contributed by atoms with Crippen LogP contribution in [0.25, 0.3) is 0 Å². The quantitative estimate of drug-likeness (QED) is 0.767. The average Bonchev–Trinajstić information content (AvgIpc) is 2.38. The van der Waals surface area contributed by atoms with Crippen molar-refractivity contribution in [3.05, 3.63) is 35.9 Å². The van der Waals surface area contributed by atoms with Gasteiger partial charge in [0.25, 0.3) is 5.91 Å². The number of amides is 2. The molecule has 0 aromatic heterocycles. The third-order valence-corrected chi connectivity index (χ3v) is 3.47. The monoisotopic (exact) mass is 243 g/mol. The minimum absolute atomic E-state index is 0.0535. The average molecular weight is 243 g/mol. The Kier molecular flexibility index (Phi) is 2.44. The zero-order valence-electron chi connectivity index (χ0n) is 9.80. The zero-order valence-corrected chi connectivity index (χ0v) is 9.80. The predicted octanol–water partition coefficient (Wildman–Crippen LogP) is 1.99. The van der Waals surface area contributed by atoms with Crippen LogP contribution in [-0.4, -0.2) is 16.9 Å². The van der Waals surface area contributed by atoms with Crippen LogP contribution >= 0.6 is 0 Å². The molecule has 0 radical (unpaired) electrons. The first-order chi connectivity index (χ1) is 8.66. The summed E-state index contributed by atoms with van der Waals surface area (Å²) >= 11 is 0. The van der Waals surface area contributed by atoms with Gasteiger partial charge in [0.15, 0.2) is 0 Å². The van der Waals surface area contributed by atoms with Gasteiger partial charge in [0, 0.05) is 11.6 Å². The minimum Gasteiger partial charge on any atom is -0.508 e. The van der Waals surface area contributed by atoms with E-state index in [1.807, 2.05) is 0 Å². The van der Waals surface area contributed by atoms with Gasteiger partial charge in [-0.05, 0) is 31.4 Å². The van der Waals surface area contributed by atoms with E-state index in [1.165, 1.54) is 17.0 Å². The number of phenols is 1. The van der Waals surface area contributed by atoms with E-state index >= 15 is 0 Å². The second-order valence-electron chi connectivity index (χ2n) is 4.69. The highest BCUT2D eigenvalue weighted by atomic mass is 16.3. The number of benzene rings is 1. The molecule has 0 spiro atoms. The minimum atomic E-state index is -0.249. The lowest BCUT2D eigenvalue weighted by molar-refractivity contribution is -0.128. The first kappa shape index (κ1) is 11.0. The fraction of sp³-hybridized carbons (Fsp3) is 0.286. The predicted molar refractivity (Wildman–Crippen MR) is 66.0 cm³/mol. The Hall–Kier alpha value is -2.10. The maximum atomic E-state index is 12.2. The SMILES string of the molecule is O=C1C2=CC(CCC2)C(=O)N1c1cccc(O)c1. The van der Waals surface area contributed by atoms with Gasteiger partial charge in [-0.2, -0.15) is 0 Å². The van der Waals surface area contributed by atoms with Crippen LogP contribution in [0.3, 0.4) is 0 Å². The Morgan fingerprint density at radius 2 is 2.11 bits per heavy atom. The van der Waals surface area contributed by atoms with Gasteiger partial charge < -0.3 is 5.11 Å². The Balaban J connectivity index is 2.05. The molecule has 1 unspecified atom stereocenters. The molecule has 1 aromatic rings.